The summed E-state index contributed by atoms with van der Waals surface area (Å²) in [5.74, 6) is 1.75. The lowest BCUT2D eigenvalue weighted by atomic mass is 10.1. The van der Waals surface area contributed by atoms with Gasteiger partial charge in [-0.25, -0.2) is 18.4 Å². The first kappa shape index (κ1) is 24.9. The van der Waals surface area contributed by atoms with Crippen molar-refractivity contribution in [2.45, 2.75) is 44.3 Å². The van der Waals surface area contributed by atoms with Crippen molar-refractivity contribution in [3.8, 4) is 17.2 Å². The molecule has 35 heavy (non-hydrogen) atoms. The van der Waals surface area contributed by atoms with Crippen LogP contribution < -0.4 is 19.5 Å². The molecule has 0 amide bonds. The van der Waals surface area contributed by atoms with E-state index in [-0.39, 0.29) is 11.9 Å². The Bertz CT molecular complexity index is 1250. The second-order valence-electron chi connectivity index (χ2n) is 8.68. The zero-order valence-electron chi connectivity index (χ0n) is 20.5. The summed E-state index contributed by atoms with van der Waals surface area (Å²) < 4.78 is 42.5. The topological polar surface area (TPSA) is 133 Å². The van der Waals surface area contributed by atoms with Crippen molar-refractivity contribution >= 4 is 16.0 Å². The molecule has 2 N–H and O–H groups in total. The van der Waals surface area contributed by atoms with Crippen LogP contribution in [0.15, 0.2) is 30.6 Å². The van der Waals surface area contributed by atoms with E-state index < -0.39 is 21.2 Å². The van der Waals surface area contributed by atoms with Crippen molar-refractivity contribution in [3.63, 3.8) is 0 Å². The quantitative estimate of drug-likeness (QED) is 0.453. The second-order valence-corrected chi connectivity index (χ2v) is 10.7. The Hall–Kier alpha value is -3.25. The van der Waals surface area contributed by atoms with Gasteiger partial charge in [0.1, 0.15) is 28.8 Å². The number of para-hydroxylation sites is 1. The number of nitrogens with zero attached hydrogens (tertiary/aromatic N) is 5. The molecule has 11 nitrogen and oxygen atoms in total. The Morgan fingerprint density at radius 1 is 1.11 bits per heavy atom. The van der Waals surface area contributed by atoms with Crippen LogP contribution in [0.25, 0.3) is 5.69 Å². The van der Waals surface area contributed by atoms with Gasteiger partial charge < -0.3 is 14.8 Å². The van der Waals surface area contributed by atoms with Crippen LogP contribution in [0.5, 0.6) is 11.5 Å². The van der Waals surface area contributed by atoms with Crippen LogP contribution >= 0.6 is 0 Å². The number of rotatable bonds is 9. The summed E-state index contributed by atoms with van der Waals surface area (Å²) in [7, 11) is -0.801. The van der Waals surface area contributed by atoms with Crippen molar-refractivity contribution in [1.82, 2.24) is 30.0 Å². The van der Waals surface area contributed by atoms with E-state index in [0.717, 1.165) is 18.5 Å². The van der Waals surface area contributed by atoms with E-state index >= 15 is 0 Å². The number of anilines is 1. The predicted molar refractivity (Wildman–Crippen MR) is 132 cm³/mol. The van der Waals surface area contributed by atoms with E-state index in [1.165, 1.54) is 0 Å². The van der Waals surface area contributed by atoms with Gasteiger partial charge in [0.25, 0.3) is 0 Å². The van der Waals surface area contributed by atoms with Crippen molar-refractivity contribution in [2.75, 3.05) is 32.0 Å². The van der Waals surface area contributed by atoms with Gasteiger partial charge in [0.05, 0.1) is 19.5 Å². The van der Waals surface area contributed by atoms with Crippen molar-refractivity contribution in [3.05, 3.63) is 47.8 Å². The van der Waals surface area contributed by atoms with Gasteiger partial charge in [-0.05, 0) is 44.5 Å². The molecule has 3 heterocycles. The first-order valence-corrected chi connectivity index (χ1v) is 13.0. The number of benzene rings is 1. The molecule has 1 fully saturated rings. The summed E-state index contributed by atoms with van der Waals surface area (Å²) in [6, 6.07) is 5.37. The van der Waals surface area contributed by atoms with Gasteiger partial charge in [-0.15, -0.1) is 10.2 Å². The van der Waals surface area contributed by atoms with E-state index in [1.807, 2.05) is 6.92 Å². The number of nitrogens with one attached hydrogen (secondary N) is 2. The molecule has 12 heteroatoms. The minimum absolute atomic E-state index is 0.0488. The Labute approximate surface area is 205 Å². The first-order chi connectivity index (χ1) is 16.8. The maximum Gasteiger partial charge on any atom is 0.243 e. The molecule has 3 atom stereocenters. The van der Waals surface area contributed by atoms with Gasteiger partial charge in [-0.2, -0.15) is 0 Å². The van der Waals surface area contributed by atoms with Gasteiger partial charge in [0, 0.05) is 30.8 Å². The minimum Gasteiger partial charge on any atom is -0.494 e. The third-order valence-electron chi connectivity index (χ3n) is 6.37. The van der Waals surface area contributed by atoms with Gasteiger partial charge in [0.2, 0.25) is 16.0 Å². The van der Waals surface area contributed by atoms with Crippen LogP contribution in [-0.2, 0) is 10.0 Å². The number of aryl methyl sites for hydroxylation is 1. The monoisotopic (exact) mass is 501 g/mol. The number of ether oxygens (including phenoxy) is 2. The number of hydrogen-bond donors (Lipinski definition) is 2. The molecule has 1 aliphatic heterocycles. The highest BCUT2D eigenvalue weighted by molar-refractivity contribution is 7.93. The summed E-state index contributed by atoms with van der Waals surface area (Å²) in [6.45, 7) is 6.85. The lowest BCUT2D eigenvalue weighted by Gasteiger charge is -2.22. The average molecular weight is 502 g/mol. The third-order valence-corrected chi connectivity index (χ3v) is 8.23. The maximum atomic E-state index is 13.5. The Morgan fingerprint density at radius 2 is 1.77 bits per heavy atom. The molecule has 0 saturated carbocycles. The molecule has 188 valence electrons. The van der Waals surface area contributed by atoms with Gasteiger partial charge >= 0.3 is 0 Å². The molecule has 1 aromatic carbocycles. The standard InChI is InChI=1S/C23H31N7O4S/c1-14-11-25-21(26-12-14)15(2)16(3)35(31,32)29-23-28-27-22(17-9-10-24-13-17)30(23)20-18(33-4)7-6-8-19(20)34-5/h6-8,11-12,15-17,24H,9-10,13H2,1-5H3,(H,28,29)/t15-,16-,17+/m0/s1. The summed E-state index contributed by atoms with van der Waals surface area (Å²) in [5.41, 5.74) is 1.44. The Balaban J connectivity index is 1.76. The molecule has 0 spiro atoms. The van der Waals surface area contributed by atoms with Crippen LogP contribution in [-0.4, -0.2) is 65.7 Å². The third kappa shape index (κ3) is 4.94. The molecule has 0 radical (unpaired) electrons. The highest BCUT2D eigenvalue weighted by Gasteiger charge is 2.33. The normalized spacial score (nSPS) is 17.7. The average Bonchev–Trinajstić information content (AvgIpc) is 3.52. The minimum atomic E-state index is -3.90. The summed E-state index contributed by atoms with van der Waals surface area (Å²) in [5, 5.41) is 11.1. The molecule has 1 saturated heterocycles. The van der Waals surface area contributed by atoms with Crippen molar-refractivity contribution in [2.24, 2.45) is 0 Å². The summed E-state index contributed by atoms with van der Waals surface area (Å²) in [6.07, 6.45) is 4.21. The van der Waals surface area contributed by atoms with Gasteiger partial charge in [0.15, 0.2) is 0 Å². The van der Waals surface area contributed by atoms with Gasteiger partial charge in [-0.3, -0.25) is 9.29 Å². The fourth-order valence-electron chi connectivity index (χ4n) is 4.11. The molecular weight excluding hydrogens is 470 g/mol. The molecule has 2 aromatic heterocycles. The number of aromatic nitrogens is 5. The van der Waals surface area contributed by atoms with Crippen molar-refractivity contribution in [1.29, 1.82) is 0 Å². The van der Waals surface area contributed by atoms with Crippen LogP contribution in [0.1, 0.15) is 49.3 Å². The zero-order chi connectivity index (χ0) is 25.2. The van der Waals surface area contributed by atoms with Gasteiger partial charge in [-0.1, -0.05) is 13.0 Å². The Morgan fingerprint density at radius 3 is 2.34 bits per heavy atom. The SMILES string of the molecule is COc1cccc(OC)c1-n1c(NS(=O)(=O)[C@@H](C)[C@H](C)c2ncc(C)cn2)nnc1[C@@H]1CCNC1. The summed E-state index contributed by atoms with van der Waals surface area (Å²) >= 11 is 0. The molecule has 1 aliphatic rings. The van der Waals surface area contributed by atoms with E-state index in [4.69, 9.17) is 9.47 Å². The second kappa shape index (κ2) is 10.2. The van der Waals surface area contributed by atoms with Crippen LogP contribution in [0.4, 0.5) is 5.95 Å². The van der Waals surface area contributed by atoms with Crippen LogP contribution in [0.2, 0.25) is 0 Å². The molecule has 0 aliphatic carbocycles. The smallest absolute Gasteiger partial charge is 0.243 e. The van der Waals surface area contributed by atoms with Crippen LogP contribution in [0, 0.1) is 6.92 Å². The molecule has 0 unspecified atom stereocenters. The summed E-state index contributed by atoms with van der Waals surface area (Å²) in [4.78, 5) is 8.62. The maximum absolute atomic E-state index is 13.5. The Kier molecular flexibility index (Phi) is 7.22. The molecule has 3 aromatic rings. The first-order valence-electron chi connectivity index (χ1n) is 11.4. The molecular formula is C23H31N7O4S. The van der Waals surface area contributed by atoms with Crippen LogP contribution in [0.3, 0.4) is 0 Å². The number of hydrogen-bond acceptors (Lipinski definition) is 9. The fraction of sp³-hybridized carbons (Fsp3) is 0.478. The molecule has 0 bridgehead atoms. The highest BCUT2D eigenvalue weighted by Crippen LogP contribution is 2.38. The fourth-order valence-corrected chi connectivity index (χ4v) is 5.34. The lowest BCUT2D eigenvalue weighted by molar-refractivity contribution is 0.390. The highest BCUT2D eigenvalue weighted by atomic mass is 32.2. The van der Waals surface area contributed by atoms with E-state index in [0.29, 0.717) is 35.4 Å². The predicted octanol–water partition coefficient (Wildman–Crippen LogP) is 2.39. The van der Waals surface area contributed by atoms with E-state index in [2.05, 4.69) is 30.2 Å². The number of methoxy groups -OCH3 is 2. The number of sulfonamides is 1. The zero-order valence-corrected chi connectivity index (χ0v) is 21.3. The van der Waals surface area contributed by atoms with E-state index in [1.54, 1.807) is 63.2 Å². The lowest BCUT2D eigenvalue weighted by Crippen LogP contribution is -2.31. The van der Waals surface area contributed by atoms with Crippen molar-refractivity contribution < 1.29 is 17.9 Å². The molecule has 4 rings (SSSR count). The largest absolute Gasteiger partial charge is 0.494 e. The van der Waals surface area contributed by atoms with E-state index in [9.17, 15) is 8.42 Å².